The Labute approximate surface area is 93.4 Å². The molecule has 1 aliphatic heterocycles. The second kappa shape index (κ2) is 3.75. The van der Waals surface area contributed by atoms with Crippen molar-refractivity contribution in [1.82, 2.24) is 15.2 Å². The first kappa shape index (κ1) is 9.59. The molecule has 1 aliphatic rings. The molecule has 0 amide bonds. The number of hydrogen-bond acceptors (Lipinski definition) is 4. The monoisotopic (exact) mass is 218 g/mol. The largest absolute Gasteiger partial charge is 0.378 e. The van der Waals surface area contributed by atoms with Crippen LogP contribution in [0.25, 0.3) is 10.9 Å². The molecule has 16 heavy (non-hydrogen) atoms. The number of pyridine rings is 1. The molecule has 1 saturated heterocycles. The van der Waals surface area contributed by atoms with Gasteiger partial charge in [0.15, 0.2) is 0 Å². The number of rotatable bonds is 1. The lowest BCUT2D eigenvalue weighted by Gasteiger charge is -2.28. The van der Waals surface area contributed by atoms with E-state index in [1.807, 2.05) is 19.2 Å². The summed E-state index contributed by atoms with van der Waals surface area (Å²) < 4.78 is 5.35. The summed E-state index contributed by atoms with van der Waals surface area (Å²) in [4.78, 5) is 6.73. The summed E-state index contributed by atoms with van der Waals surface area (Å²) in [6.07, 6.45) is 1.82. The van der Waals surface area contributed by atoms with E-state index in [9.17, 15) is 0 Å². The summed E-state index contributed by atoms with van der Waals surface area (Å²) >= 11 is 0. The Kier molecular flexibility index (Phi) is 2.25. The van der Waals surface area contributed by atoms with Crippen LogP contribution in [0.3, 0.4) is 0 Å². The van der Waals surface area contributed by atoms with E-state index in [2.05, 4.69) is 20.1 Å². The highest BCUT2D eigenvalue weighted by Gasteiger charge is 2.17. The zero-order chi connectivity index (χ0) is 11.0. The molecule has 1 fully saturated rings. The number of H-pyrrole nitrogens is 1. The molecule has 0 saturated carbocycles. The number of aryl methyl sites for hydroxylation is 1. The Morgan fingerprint density at radius 3 is 3.00 bits per heavy atom. The number of aromatic amines is 1. The fraction of sp³-hybridized carbons (Fsp3) is 0.455. The summed E-state index contributed by atoms with van der Waals surface area (Å²) in [6.45, 7) is 5.35. The van der Waals surface area contributed by atoms with E-state index in [1.165, 1.54) is 0 Å². The molecule has 5 heteroatoms. The molecule has 0 bridgehead atoms. The lowest BCUT2D eigenvalue weighted by Crippen LogP contribution is -2.36. The third kappa shape index (κ3) is 1.44. The van der Waals surface area contributed by atoms with Crippen molar-refractivity contribution in [3.05, 3.63) is 18.0 Å². The molecule has 3 heterocycles. The maximum Gasteiger partial charge on any atom is 0.140 e. The average molecular weight is 218 g/mol. The molecule has 3 rings (SSSR count). The SMILES string of the molecule is Cc1n[nH]c2ccnc(N3CCOCC3)c12. The van der Waals surface area contributed by atoms with Crippen molar-refractivity contribution in [2.75, 3.05) is 31.2 Å². The molecule has 84 valence electrons. The topological polar surface area (TPSA) is 54.0 Å². The van der Waals surface area contributed by atoms with Gasteiger partial charge in [-0.1, -0.05) is 0 Å². The van der Waals surface area contributed by atoms with Gasteiger partial charge in [0.05, 0.1) is 29.8 Å². The first-order valence-electron chi connectivity index (χ1n) is 5.48. The summed E-state index contributed by atoms with van der Waals surface area (Å²) in [5.74, 6) is 1.02. The second-order valence-corrected chi connectivity index (χ2v) is 3.97. The zero-order valence-corrected chi connectivity index (χ0v) is 9.23. The minimum atomic E-state index is 0.773. The normalized spacial score (nSPS) is 16.9. The van der Waals surface area contributed by atoms with Gasteiger partial charge < -0.3 is 9.64 Å². The van der Waals surface area contributed by atoms with Crippen LogP contribution in [0.1, 0.15) is 5.69 Å². The standard InChI is InChI=1S/C11H14N4O/c1-8-10-9(14-13-8)2-3-12-11(10)15-4-6-16-7-5-15/h2-3H,4-7H2,1H3,(H,13,14). The van der Waals surface area contributed by atoms with Crippen molar-refractivity contribution in [3.63, 3.8) is 0 Å². The van der Waals surface area contributed by atoms with Gasteiger partial charge in [0.25, 0.3) is 0 Å². The van der Waals surface area contributed by atoms with Crippen molar-refractivity contribution in [1.29, 1.82) is 0 Å². The Bertz CT molecular complexity index is 502. The highest BCUT2D eigenvalue weighted by Crippen LogP contribution is 2.25. The van der Waals surface area contributed by atoms with Crippen LogP contribution >= 0.6 is 0 Å². The first-order chi connectivity index (χ1) is 7.86. The minimum Gasteiger partial charge on any atom is -0.378 e. The van der Waals surface area contributed by atoms with Crippen LogP contribution in [0.5, 0.6) is 0 Å². The van der Waals surface area contributed by atoms with E-state index in [1.54, 1.807) is 0 Å². The number of fused-ring (bicyclic) bond motifs is 1. The summed E-state index contributed by atoms with van der Waals surface area (Å²) in [7, 11) is 0. The molecule has 1 N–H and O–H groups in total. The van der Waals surface area contributed by atoms with Crippen LogP contribution in [-0.4, -0.2) is 41.5 Å². The number of aromatic nitrogens is 3. The molecule has 0 aliphatic carbocycles. The zero-order valence-electron chi connectivity index (χ0n) is 9.23. The molecule has 0 spiro atoms. The van der Waals surface area contributed by atoms with E-state index in [0.29, 0.717) is 0 Å². The van der Waals surface area contributed by atoms with Gasteiger partial charge in [-0.3, -0.25) is 5.10 Å². The predicted octanol–water partition coefficient (Wildman–Crippen LogP) is 1.10. The van der Waals surface area contributed by atoms with Gasteiger partial charge in [-0.15, -0.1) is 0 Å². The van der Waals surface area contributed by atoms with Gasteiger partial charge in [0, 0.05) is 19.3 Å². The van der Waals surface area contributed by atoms with Crippen molar-refractivity contribution < 1.29 is 4.74 Å². The van der Waals surface area contributed by atoms with Crippen LogP contribution in [0.2, 0.25) is 0 Å². The van der Waals surface area contributed by atoms with Crippen molar-refractivity contribution >= 4 is 16.7 Å². The maximum atomic E-state index is 5.35. The highest BCUT2D eigenvalue weighted by atomic mass is 16.5. The molecular weight excluding hydrogens is 204 g/mol. The Hall–Kier alpha value is -1.62. The number of anilines is 1. The average Bonchev–Trinajstić information content (AvgIpc) is 2.73. The van der Waals surface area contributed by atoms with Crippen LogP contribution in [0, 0.1) is 6.92 Å². The van der Waals surface area contributed by atoms with Crippen molar-refractivity contribution in [2.45, 2.75) is 6.92 Å². The molecule has 5 nitrogen and oxygen atoms in total. The van der Waals surface area contributed by atoms with Crippen LogP contribution in [0.4, 0.5) is 5.82 Å². The van der Waals surface area contributed by atoms with Crippen LogP contribution < -0.4 is 4.90 Å². The molecule has 2 aromatic rings. The number of hydrogen-bond donors (Lipinski definition) is 1. The Balaban J connectivity index is 2.10. The number of nitrogens with zero attached hydrogens (tertiary/aromatic N) is 3. The van der Waals surface area contributed by atoms with E-state index in [-0.39, 0.29) is 0 Å². The van der Waals surface area contributed by atoms with Gasteiger partial charge in [0.2, 0.25) is 0 Å². The smallest absolute Gasteiger partial charge is 0.140 e. The predicted molar refractivity (Wildman–Crippen MR) is 61.7 cm³/mol. The molecular formula is C11H14N4O. The molecule has 0 unspecified atom stereocenters. The quantitative estimate of drug-likeness (QED) is 0.778. The van der Waals surface area contributed by atoms with Crippen molar-refractivity contribution in [2.24, 2.45) is 0 Å². The van der Waals surface area contributed by atoms with Crippen LogP contribution in [-0.2, 0) is 4.74 Å². The third-order valence-electron chi connectivity index (χ3n) is 2.95. The summed E-state index contributed by atoms with van der Waals surface area (Å²) in [5.41, 5.74) is 2.05. The van der Waals surface area contributed by atoms with Gasteiger partial charge in [-0.2, -0.15) is 5.10 Å². The fourth-order valence-electron chi connectivity index (χ4n) is 2.12. The molecule has 0 radical (unpaired) electrons. The third-order valence-corrected chi connectivity index (χ3v) is 2.95. The van der Waals surface area contributed by atoms with E-state index in [0.717, 1.165) is 48.7 Å². The molecule has 0 aromatic carbocycles. The van der Waals surface area contributed by atoms with Gasteiger partial charge in [-0.25, -0.2) is 4.98 Å². The van der Waals surface area contributed by atoms with E-state index in [4.69, 9.17) is 4.74 Å². The number of ether oxygens (including phenoxy) is 1. The number of nitrogens with one attached hydrogen (secondary N) is 1. The minimum absolute atomic E-state index is 0.773. The van der Waals surface area contributed by atoms with Gasteiger partial charge >= 0.3 is 0 Å². The second-order valence-electron chi connectivity index (χ2n) is 3.97. The number of morpholine rings is 1. The summed E-state index contributed by atoms with van der Waals surface area (Å²) in [5, 5.41) is 8.38. The first-order valence-corrected chi connectivity index (χ1v) is 5.48. The Morgan fingerprint density at radius 1 is 1.38 bits per heavy atom. The molecule has 2 aromatic heterocycles. The van der Waals surface area contributed by atoms with E-state index < -0.39 is 0 Å². The fourth-order valence-corrected chi connectivity index (χ4v) is 2.12. The molecule has 0 atom stereocenters. The highest BCUT2D eigenvalue weighted by molar-refractivity contribution is 5.91. The lowest BCUT2D eigenvalue weighted by atomic mass is 10.2. The van der Waals surface area contributed by atoms with Crippen molar-refractivity contribution in [3.8, 4) is 0 Å². The van der Waals surface area contributed by atoms with E-state index >= 15 is 0 Å². The summed E-state index contributed by atoms with van der Waals surface area (Å²) in [6, 6.07) is 1.96. The van der Waals surface area contributed by atoms with Gasteiger partial charge in [-0.05, 0) is 13.0 Å². The van der Waals surface area contributed by atoms with Crippen LogP contribution in [0.15, 0.2) is 12.3 Å². The van der Waals surface area contributed by atoms with Gasteiger partial charge in [0.1, 0.15) is 5.82 Å². The Morgan fingerprint density at radius 2 is 2.19 bits per heavy atom. The lowest BCUT2D eigenvalue weighted by molar-refractivity contribution is 0.122. The maximum absolute atomic E-state index is 5.35.